The lowest BCUT2D eigenvalue weighted by molar-refractivity contribution is -0.184. The van der Waals surface area contributed by atoms with E-state index in [1.54, 1.807) is 4.90 Å². The van der Waals surface area contributed by atoms with Gasteiger partial charge in [-0.25, -0.2) is 0 Å². The number of carbonyl (C=O) groups excluding carboxylic acids is 1. The van der Waals surface area contributed by atoms with Crippen LogP contribution in [-0.4, -0.2) is 53.9 Å². The molecule has 3 N–H and O–H groups in total. The van der Waals surface area contributed by atoms with Crippen molar-refractivity contribution in [3.8, 4) is 0 Å². The van der Waals surface area contributed by atoms with Gasteiger partial charge in [0.2, 0.25) is 5.91 Å². The summed E-state index contributed by atoms with van der Waals surface area (Å²) in [5.41, 5.74) is 5.44. The Bertz CT molecular complexity index is 419. The van der Waals surface area contributed by atoms with Crippen LogP contribution < -0.4 is 5.73 Å². The number of aliphatic hydroxyl groups is 1. The van der Waals surface area contributed by atoms with E-state index in [0.29, 0.717) is 19.1 Å². The molecule has 0 aromatic heterocycles. The lowest BCUT2D eigenvalue weighted by Gasteiger charge is -2.61. The molecule has 0 aromatic carbocycles. The van der Waals surface area contributed by atoms with Crippen molar-refractivity contribution in [3.63, 3.8) is 0 Å². The molecule has 0 bridgehead atoms. The number of aliphatic hydroxyl groups excluding tert-OH is 1. The van der Waals surface area contributed by atoms with Gasteiger partial charge < -0.3 is 20.5 Å². The molecule has 20 heavy (non-hydrogen) atoms. The van der Waals surface area contributed by atoms with Crippen molar-refractivity contribution in [2.24, 2.45) is 23.0 Å². The smallest absolute Gasteiger partial charge is 0.243 e. The summed E-state index contributed by atoms with van der Waals surface area (Å²) in [7, 11) is 1.83. The highest BCUT2D eigenvalue weighted by molar-refractivity contribution is 5.89. The molecule has 0 spiro atoms. The third kappa shape index (κ3) is 1.69. The van der Waals surface area contributed by atoms with Crippen molar-refractivity contribution >= 4 is 5.91 Å². The molecule has 3 fully saturated rings. The van der Waals surface area contributed by atoms with Crippen LogP contribution in [0.5, 0.6) is 0 Å². The first-order valence-electron chi connectivity index (χ1n) is 7.62. The van der Waals surface area contributed by atoms with E-state index in [4.69, 9.17) is 10.5 Å². The Balaban J connectivity index is 1.69. The zero-order valence-electron chi connectivity index (χ0n) is 12.6. The molecule has 114 valence electrons. The van der Waals surface area contributed by atoms with Crippen molar-refractivity contribution in [2.75, 3.05) is 20.2 Å². The number of ether oxygens (including phenoxy) is 1. The lowest BCUT2D eigenvalue weighted by atomic mass is 9.47. The second-order valence-corrected chi connectivity index (χ2v) is 7.45. The summed E-state index contributed by atoms with van der Waals surface area (Å²) in [6.45, 7) is 5.49. The topological polar surface area (TPSA) is 75.8 Å². The summed E-state index contributed by atoms with van der Waals surface area (Å²) in [5, 5.41) is 9.35. The van der Waals surface area contributed by atoms with E-state index in [1.807, 2.05) is 20.9 Å². The van der Waals surface area contributed by atoms with Crippen molar-refractivity contribution < 1.29 is 14.6 Å². The number of carbonyl (C=O) groups is 1. The number of fused-ring (bicyclic) bond motifs is 1. The summed E-state index contributed by atoms with van der Waals surface area (Å²) < 4.78 is 5.74. The SMILES string of the molecule is CN(CC1CC(O)C1)C(=O)C1(N)C2CCOC2C1(C)C. The molecular weight excluding hydrogens is 256 g/mol. The third-order valence-electron chi connectivity index (χ3n) is 5.90. The number of amides is 1. The predicted octanol–water partition coefficient (Wildman–Crippen LogP) is 0.358. The zero-order valence-corrected chi connectivity index (χ0v) is 12.6. The van der Waals surface area contributed by atoms with Crippen LogP contribution in [0.1, 0.15) is 33.1 Å². The highest BCUT2D eigenvalue weighted by atomic mass is 16.5. The fraction of sp³-hybridized carbons (Fsp3) is 0.933. The van der Waals surface area contributed by atoms with E-state index in [0.717, 1.165) is 19.3 Å². The average molecular weight is 282 g/mol. The van der Waals surface area contributed by atoms with E-state index in [2.05, 4.69) is 0 Å². The van der Waals surface area contributed by atoms with Crippen LogP contribution in [0.4, 0.5) is 0 Å². The fourth-order valence-corrected chi connectivity index (χ4v) is 4.45. The highest BCUT2D eigenvalue weighted by Gasteiger charge is 2.71. The summed E-state index contributed by atoms with van der Waals surface area (Å²) in [6.07, 6.45) is 2.42. The lowest BCUT2D eigenvalue weighted by Crippen LogP contribution is -2.80. The normalized spacial score (nSPS) is 45.2. The number of likely N-dealkylation sites (N-methyl/N-ethyl adjacent to an activating group) is 1. The molecule has 0 radical (unpaired) electrons. The van der Waals surface area contributed by atoms with Gasteiger partial charge in [-0.3, -0.25) is 4.79 Å². The molecule has 1 saturated heterocycles. The number of nitrogens with zero attached hydrogens (tertiary/aromatic N) is 1. The Morgan fingerprint density at radius 3 is 2.70 bits per heavy atom. The summed E-state index contributed by atoms with van der Waals surface area (Å²) in [4.78, 5) is 14.6. The van der Waals surface area contributed by atoms with E-state index >= 15 is 0 Å². The largest absolute Gasteiger partial charge is 0.393 e. The number of nitrogens with two attached hydrogens (primary N) is 1. The molecule has 3 atom stereocenters. The average Bonchev–Trinajstić information content (AvgIpc) is 2.82. The minimum Gasteiger partial charge on any atom is -0.393 e. The number of hydrogen-bond acceptors (Lipinski definition) is 4. The molecule has 1 aliphatic heterocycles. The van der Waals surface area contributed by atoms with Gasteiger partial charge in [0.1, 0.15) is 5.54 Å². The van der Waals surface area contributed by atoms with Gasteiger partial charge >= 0.3 is 0 Å². The van der Waals surface area contributed by atoms with Crippen LogP contribution in [-0.2, 0) is 9.53 Å². The standard InChI is InChI=1S/C15H26N2O3/c1-14(2)12-11(4-5-20-12)15(14,16)13(19)17(3)8-9-6-10(18)7-9/h9-12,18H,4-8,16H2,1-3H3. The maximum absolute atomic E-state index is 12.8. The van der Waals surface area contributed by atoms with Gasteiger partial charge in [0.05, 0.1) is 12.2 Å². The predicted molar refractivity (Wildman–Crippen MR) is 74.9 cm³/mol. The third-order valence-corrected chi connectivity index (χ3v) is 5.90. The molecule has 5 heteroatoms. The minimum atomic E-state index is -0.800. The Morgan fingerprint density at radius 2 is 2.10 bits per heavy atom. The maximum atomic E-state index is 12.8. The maximum Gasteiger partial charge on any atom is 0.243 e. The van der Waals surface area contributed by atoms with E-state index in [9.17, 15) is 9.90 Å². The van der Waals surface area contributed by atoms with Crippen molar-refractivity contribution in [1.82, 2.24) is 4.90 Å². The van der Waals surface area contributed by atoms with E-state index in [-0.39, 0.29) is 29.4 Å². The van der Waals surface area contributed by atoms with Crippen molar-refractivity contribution in [2.45, 2.75) is 50.9 Å². The van der Waals surface area contributed by atoms with Crippen LogP contribution >= 0.6 is 0 Å². The van der Waals surface area contributed by atoms with Crippen LogP contribution in [0.3, 0.4) is 0 Å². The number of rotatable bonds is 3. The van der Waals surface area contributed by atoms with Gasteiger partial charge in [0, 0.05) is 31.5 Å². The second-order valence-electron chi connectivity index (χ2n) is 7.45. The second kappa shape index (κ2) is 4.42. The molecule has 3 unspecified atom stereocenters. The summed E-state index contributed by atoms with van der Waals surface area (Å²) >= 11 is 0. The first kappa shape index (κ1) is 14.3. The Labute approximate surface area is 120 Å². The van der Waals surface area contributed by atoms with Crippen molar-refractivity contribution in [3.05, 3.63) is 0 Å². The van der Waals surface area contributed by atoms with Gasteiger partial charge in [0.15, 0.2) is 0 Å². The van der Waals surface area contributed by atoms with E-state index in [1.165, 1.54) is 0 Å². The molecule has 0 aromatic rings. The molecule has 5 nitrogen and oxygen atoms in total. The monoisotopic (exact) mass is 282 g/mol. The highest BCUT2D eigenvalue weighted by Crippen LogP contribution is 2.58. The van der Waals surface area contributed by atoms with Gasteiger partial charge in [-0.05, 0) is 25.2 Å². The van der Waals surface area contributed by atoms with Crippen molar-refractivity contribution in [1.29, 1.82) is 0 Å². The fourth-order valence-electron chi connectivity index (χ4n) is 4.45. The first-order valence-corrected chi connectivity index (χ1v) is 7.62. The van der Waals surface area contributed by atoms with Crippen LogP contribution in [0.15, 0.2) is 0 Å². The van der Waals surface area contributed by atoms with Gasteiger partial charge in [-0.2, -0.15) is 0 Å². The van der Waals surface area contributed by atoms with Crippen LogP contribution in [0, 0.1) is 17.3 Å². The first-order chi connectivity index (χ1) is 9.28. The Morgan fingerprint density at radius 1 is 1.45 bits per heavy atom. The molecule has 3 rings (SSSR count). The van der Waals surface area contributed by atoms with Gasteiger partial charge in [0.25, 0.3) is 0 Å². The Hall–Kier alpha value is -0.650. The summed E-state index contributed by atoms with van der Waals surface area (Å²) in [5.74, 6) is 0.608. The molecular formula is C15H26N2O3. The zero-order chi connectivity index (χ0) is 14.7. The van der Waals surface area contributed by atoms with Gasteiger partial charge in [-0.1, -0.05) is 13.8 Å². The molecule has 2 aliphatic carbocycles. The van der Waals surface area contributed by atoms with Gasteiger partial charge in [-0.15, -0.1) is 0 Å². The van der Waals surface area contributed by atoms with Crippen LogP contribution in [0.2, 0.25) is 0 Å². The molecule has 1 amide bonds. The van der Waals surface area contributed by atoms with E-state index < -0.39 is 5.54 Å². The Kier molecular flexibility index (Phi) is 3.16. The minimum absolute atomic E-state index is 0.0376. The summed E-state index contributed by atoms with van der Waals surface area (Å²) in [6, 6.07) is 0. The molecule has 3 aliphatic rings. The molecule has 1 heterocycles. The number of hydrogen-bond donors (Lipinski definition) is 2. The molecule has 2 saturated carbocycles. The quantitative estimate of drug-likeness (QED) is 0.783. The van der Waals surface area contributed by atoms with Crippen LogP contribution in [0.25, 0.3) is 0 Å².